The molecule has 82 valence electrons. The maximum Gasteiger partial charge on any atom is 0.251 e. The molecule has 1 amide bonds. The van der Waals surface area contributed by atoms with E-state index in [-0.39, 0.29) is 12.5 Å². The van der Waals surface area contributed by atoms with E-state index in [1.165, 1.54) is 0 Å². The third-order valence-corrected chi connectivity index (χ3v) is 2.50. The fourth-order valence-electron chi connectivity index (χ4n) is 1.17. The van der Waals surface area contributed by atoms with E-state index < -0.39 is 6.10 Å². The number of hydrogen-bond acceptors (Lipinski definition) is 2. The first-order chi connectivity index (χ1) is 7.00. The molecule has 0 aliphatic rings. The summed E-state index contributed by atoms with van der Waals surface area (Å²) in [6.07, 6.45) is -0.526. The molecule has 0 aliphatic carbocycles. The van der Waals surface area contributed by atoms with Crippen LogP contribution >= 0.6 is 15.9 Å². The number of carbonyl (C=O) groups is 1. The molecule has 0 saturated heterocycles. The van der Waals surface area contributed by atoms with Crippen LogP contribution in [0.4, 0.5) is 0 Å². The van der Waals surface area contributed by atoms with Crippen LogP contribution in [0.2, 0.25) is 0 Å². The number of carbonyl (C=O) groups excluding carboxylic acids is 1. The second-order valence-electron chi connectivity index (χ2n) is 3.52. The number of aliphatic hydroxyl groups is 1. The van der Waals surface area contributed by atoms with Gasteiger partial charge in [-0.2, -0.15) is 0 Å². The number of nitrogens with one attached hydrogen (secondary N) is 1. The first-order valence-electron chi connectivity index (χ1n) is 4.73. The molecule has 0 fully saturated rings. The van der Waals surface area contributed by atoms with E-state index in [1.807, 2.05) is 19.1 Å². The van der Waals surface area contributed by atoms with Gasteiger partial charge in [0, 0.05) is 16.6 Å². The number of aliphatic hydroxyl groups excluding tert-OH is 1. The highest BCUT2D eigenvalue weighted by atomic mass is 79.9. The Bertz CT molecular complexity index is 364. The zero-order chi connectivity index (χ0) is 11.4. The van der Waals surface area contributed by atoms with Crippen molar-refractivity contribution in [1.82, 2.24) is 5.32 Å². The molecule has 0 aromatic heterocycles. The second kappa shape index (κ2) is 5.28. The van der Waals surface area contributed by atoms with E-state index in [1.54, 1.807) is 13.0 Å². The molecular formula is C11H14BrNO2. The molecule has 0 saturated carbocycles. The van der Waals surface area contributed by atoms with Crippen LogP contribution in [0.15, 0.2) is 22.7 Å². The molecule has 4 heteroatoms. The van der Waals surface area contributed by atoms with Crippen molar-refractivity contribution in [3.63, 3.8) is 0 Å². The molecule has 1 aromatic rings. The zero-order valence-corrected chi connectivity index (χ0v) is 10.3. The summed E-state index contributed by atoms with van der Waals surface area (Å²) in [5.41, 5.74) is 1.55. The number of benzene rings is 1. The van der Waals surface area contributed by atoms with Gasteiger partial charge < -0.3 is 10.4 Å². The SMILES string of the molecule is Cc1ccc(Br)cc1C(=O)NCC(C)O. The maximum absolute atomic E-state index is 11.7. The molecule has 1 atom stereocenters. The molecule has 1 rings (SSSR count). The van der Waals surface area contributed by atoms with Gasteiger partial charge in [0.05, 0.1) is 6.10 Å². The Labute approximate surface area is 97.6 Å². The molecular weight excluding hydrogens is 258 g/mol. The van der Waals surface area contributed by atoms with Gasteiger partial charge in [-0.1, -0.05) is 22.0 Å². The summed E-state index contributed by atoms with van der Waals surface area (Å²) in [5, 5.41) is 11.7. The summed E-state index contributed by atoms with van der Waals surface area (Å²) in [5.74, 6) is -0.158. The molecule has 0 heterocycles. The highest BCUT2D eigenvalue weighted by molar-refractivity contribution is 9.10. The van der Waals surface area contributed by atoms with Crippen molar-refractivity contribution in [2.75, 3.05) is 6.54 Å². The summed E-state index contributed by atoms with van der Waals surface area (Å²) < 4.78 is 0.871. The maximum atomic E-state index is 11.7. The van der Waals surface area contributed by atoms with Crippen molar-refractivity contribution >= 4 is 21.8 Å². The van der Waals surface area contributed by atoms with Crippen LogP contribution in [0.1, 0.15) is 22.8 Å². The molecule has 0 spiro atoms. The van der Waals surface area contributed by atoms with E-state index in [0.717, 1.165) is 10.0 Å². The van der Waals surface area contributed by atoms with Crippen molar-refractivity contribution in [3.05, 3.63) is 33.8 Å². The van der Waals surface area contributed by atoms with Crippen LogP contribution in [-0.4, -0.2) is 23.7 Å². The topological polar surface area (TPSA) is 49.3 Å². The minimum atomic E-state index is -0.526. The predicted octanol–water partition coefficient (Wildman–Crippen LogP) is 1.87. The third kappa shape index (κ3) is 3.64. The largest absolute Gasteiger partial charge is 0.392 e. The zero-order valence-electron chi connectivity index (χ0n) is 8.75. The van der Waals surface area contributed by atoms with Gasteiger partial charge in [-0.25, -0.2) is 0 Å². The first kappa shape index (κ1) is 12.2. The van der Waals surface area contributed by atoms with Gasteiger partial charge in [0.1, 0.15) is 0 Å². The van der Waals surface area contributed by atoms with E-state index in [4.69, 9.17) is 5.11 Å². The molecule has 15 heavy (non-hydrogen) atoms. The van der Waals surface area contributed by atoms with Crippen LogP contribution in [0, 0.1) is 6.92 Å². The number of amides is 1. The van der Waals surface area contributed by atoms with Crippen LogP contribution in [0.5, 0.6) is 0 Å². The molecule has 1 aromatic carbocycles. The molecule has 0 radical (unpaired) electrons. The lowest BCUT2D eigenvalue weighted by molar-refractivity contribution is 0.0923. The van der Waals surface area contributed by atoms with E-state index >= 15 is 0 Å². The molecule has 3 nitrogen and oxygen atoms in total. The second-order valence-corrected chi connectivity index (χ2v) is 4.43. The fraction of sp³-hybridized carbons (Fsp3) is 0.364. The smallest absolute Gasteiger partial charge is 0.251 e. The van der Waals surface area contributed by atoms with E-state index in [9.17, 15) is 4.79 Å². The van der Waals surface area contributed by atoms with Crippen molar-refractivity contribution in [2.24, 2.45) is 0 Å². The average Bonchev–Trinajstić information content (AvgIpc) is 2.18. The van der Waals surface area contributed by atoms with Crippen molar-refractivity contribution in [3.8, 4) is 0 Å². The number of hydrogen-bond donors (Lipinski definition) is 2. The Kier molecular flexibility index (Phi) is 4.29. The molecule has 1 unspecified atom stereocenters. The highest BCUT2D eigenvalue weighted by Gasteiger charge is 2.09. The Morgan fingerprint density at radius 3 is 2.87 bits per heavy atom. The molecule has 2 N–H and O–H groups in total. The number of aryl methyl sites for hydroxylation is 1. The predicted molar refractivity (Wildman–Crippen MR) is 62.9 cm³/mol. The normalized spacial score (nSPS) is 12.3. The number of rotatable bonds is 3. The van der Waals surface area contributed by atoms with Crippen LogP contribution < -0.4 is 5.32 Å². The van der Waals surface area contributed by atoms with Gasteiger partial charge in [0.15, 0.2) is 0 Å². The Morgan fingerprint density at radius 2 is 2.27 bits per heavy atom. The standard InChI is InChI=1S/C11H14BrNO2/c1-7-3-4-9(12)5-10(7)11(15)13-6-8(2)14/h3-5,8,14H,6H2,1-2H3,(H,13,15). The van der Waals surface area contributed by atoms with Gasteiger partial charge in [0.2, 0.25) is 0 Å². The van der Waals surface area contributed by atoms with Gasteiger partial charge in [0.25, 0.3) is 5.91 Å². The van der Waals surface area contributed by atoms with Gasteiger partial charge >= 0.3 is 0 Å². The van der Waals surface area contributed by atoms with Crippen molar-refractivity contribution < 1.29 is 9.90 Å². The van der Waals surface area contributed by atoms with Crippen molar-refractivity contribution in [1.29, 1.82) is 0 Å². The summed E-state index contributed by atoms with van der Waals surface area (Å²) in [7, 11) is 0. The van der Waals surface area contributed by atoms with Gasteiger partial charge in [-0.15, -0.1) is 0 Å². The van der Waals surface area contributed by atoms with Crippen molar-refractivity contribution in [2.45, 2.75) is 20.0 Å². The van der Waals surface area contributed by atoms with Crippen LogP contribution in [0.25, 0.3) is 0 Å². The lowest BCUT2D eigenvalue weighted by Gasteiger charge is -2.09. The Hall–Kier alpha value is -0.870. The minimum absolute atomic E-state index is 0.158. The van der Waals surface area contributed by atoms with Crippen LogP contribution in [0.3, 0.4) is 0 Å². The minimum Gasteiger partial charge on any atom is -0.392 e. The summed E-state index contributed by atoms with van der Waals surface area (Å²) >= 11 is 3.32. The van der Waals surface area contributed by atoms with Gasteiger partial charge in [-0.3, -0.25) is 4.79 Å². The lowest BCUT2D eigenvalue weighted by atomic mass is 10.1. The first-order valence-corrected chi connectivity index (χ1v) is 5.52. The quantitative estimate of drug-likeness (QED) is 0.882. The van der Waals surface area contributed by atoms with Gasteiger partial charge in [-0.05, 0) is 31.5 Å². The number of halogens is 1. The summed E-state index contributed by atoms with van der Waals surface area (Å²) in [4.78, 5) is 11.7. The van der Waals surface area contributed by atoms with E-state index in [0.29, 0.717) is 5.56 Å². The molecule has 0 bridgehead atoms. The Balaban J connectivity index is 2.77. The monoisotopic (exact) mass is 271 g/mol. The molecule has 0 aliphatic heterocycles. The highest BCUT2D eigenvalue weighted by Crippen LogP contribution is 2.15. The average molecular weight is 272 g/mol. The summed E-state index contributed by atoms with van der Waals surface area (Å²) in [6, 6.07) is 5.54. The summed E-state index contributed by atoms with van der Waals surface area (Å²) in [6.45, 7) is 3.78. The lowest BCUT2D eigenvalue weighted by Crippen LogP contribution is -2.30. The third-order valence-electron chi connectivity index (χ3n) is 2.00. The Morgan fingerprint density at radius 1 is 1.60 bits per heavy atom. The fourth-order valence-corrected chi connectivity index (χ4v) is 1.54. The van der Waals surface area contributed by atoms with E-state index in [2.05, 4.69) is 21.2 Å². The van der Waals surface area contributed by atoms with Crippen LogP contribution in [-0.2, 0) is 0 Å².